The van der Waals surface area contributed by atoms with Crippen LogP contribution in [0.3, 0.4) is 0 Å². The van der Waals surface area contributed by atoms with Crippen LogP contribution in [0.1, 0.15) is 80.3 Å². The number of nitrogens with zero attached hydrogens (tertiary/aromatic N) is 1. The van der Waals surface area contributed by atoms with Gasteiger partial charge in [-0.3, -0.25) is 4.79 Å². The van der Waals surface area contributed by atoms with E-state index in [0.717, 1.165) is 69.3 Å². The first-order chi connectivity index (χ1) is 20.5. The predicted octanol–water partition coefficient (Wildman–Crippen LogP) is 6.27. The number of fused-ring (bicyclic) bond motifs is 3. The number of hydrogen-bond acceptors (Lipinski definition) is 6. The summed E-state index contributed by atoms with van der Waals surface area (Å²) >= 11 is 6.33. The highest BCUT2D eigenvalue weighted by atomic mass is 35.5. The Hall–Kier alpha value is -2.55. The Morgan fingerprint density at radius 3 is 2.60 bits per heavy atom. The highest BCUT2D eigenvalue weighted by Crippen LogP contribution is 2.53. The molecule has 2 N–H and O–H groups in total. The van der Waals surface area contributed by atoms with E-state index in [4.69, 9.17) is 16.3 Å². The number of ether oxygens (including phenoxy) is 1. The van der Waals surface area contributed by atoms with E-state index >= 15 is 0 Å². The molecule has 232 valence electrons. The zero-order valence-electron chi connectivity index (χ0n) is 25.1. The molecule has 2 aliphatic carbocycles. The van der Waals surface area contributed by atoms with Gasteiger partial charge in [-0.05, 0) is 123 Å². The molecule has 0 radical (unpaired) electrons. The molecule has 2 aliphatic heterocycles. The maximum atomic E-state index is 13.4. The average Bonchev–Trinajstić information content (AvgIpc) is 3.81. The molecule has 43 heavy (non-hydrogen) atoms. The molecule has 2 aromatic rings. The Morgan fingerprint density at radius 2 is 1.86 bits per heavy atom. The number of amides is 1. The summed E-state index contributed by atoms with van der Waals surface area (Å²) in [5, 5.41) is 12.0. The molecular weight excluding hydrogens is 584 g/mol. The van der Waals surface area contributed by atoms with Gasteiger partial charge in [-0.25, -0.2) is 13.1 Å². The summed E-state index contributed by atoms with van der Waals surface area (Å²) in [6.45, 7) is 5.37. The smallest absolute Gasteiger partial charge is 0.264 e. The maximum absolute atomic E-state index is 13.4. The zero-order valence-corrected chi connectivity index (χ0v) is 26.7. The Balaban J connectivity index is 1.40. The van der Waals surface area contributed by atoms with E-state index in [-0.39, 0.29) is 23.3 Å². The minimum absolute atomic E-state index is 0.140. The van der Waals surface area contributed by atoms with Crippen LogP contribution in [-0.2, 0) is 23.1 Å². The number of halogens is 1. The summed E-state index contributed by atoms with van der Waals surface area (Å²) in [6, 6.07) is 11.1. The first-order valence-electron chi connectivity index (χ1n) is 15.8. The number of hydrogen-bond donors (Lipinski definition) is 2. The van der Waals surface area contributed by atoms with Crippen LogP contribution in [0.2, 0.25) is 5.02 Å². The Labute approximate surface area is 260 Å². The van der Waals surface area contributed by atoms with Gasteiger partial charge in [-0.1, -0.05) is 36.7 Å². The van der Waals surface area contributed by atoms with Crippen LogP contribution in [0.4, 0.5) is 5.69 Å². The fourth-order valence-corrected chi connectivity index (χ4v) is 8.60. The fourth-order valence-electron chi connectivity index (χ4n) is 7.12. The van der Waals surface area contributed by atoms with E-state index in [9.17, 15) is 18.3 Å². The van der Waals surface area contributed by atoms with Crippen molar-refractivity contribution in [1.29, 1.82) is 0 Å². The predicted molar refractivity (Wildman–Crippen MR) is 170 cm³/mol. The normalized spacial score (nSPS) is 32.1. The maximum Gasteiger partial charge on any atom is 0.264 e. The quantitative estimate of drug-likeness (QED) is 0.362. The molecule has 4 aliphatic rings. The molecular formula is C34H43ClN2O5S. The summed E-state index contributed by atoms with van der Waals surface area (Å²) in [6.07, 6.45) is 11.3. The second-order valence-electron chi connectivity index (χ2n) is 13.2. The van der Waals surface area contributed by atoms with Crippen molar-refractivity contribution in [3.63, 3.8) is 0 Å². The van der Waals surface area contributed by atoms with E-state index in [1.165, 1.54) is 5.56 Å². The number of allylic oxidation sites excluding steroid dienone is 1. The minimum atomic E-state index is -3.93. The highest BCUT2D eigenvalue weighted by Gasteiger charge is 2.53. The third-order valence-corrected chi connectivity index (χ3v) is 12.5. The monoisotopic (exact) mass is 626 g/mol. The van der Waals surface area contributed by atoms with Gasteiger partial charge >= 0.3 is 0 Å². The van der Waals surface area contributed by atoms with Crippen molar-refractivity contribution in [2.75, 3.05) is 18.0 Å². The van der Waals surface area contributed by atoms with Gasteiger partial charge in [0.05, 0.1) is 16.5 Å². The average molecular weight is 627 g/mol. The van der Waals surface area contributed by atoms with Crippen molar-refractivity contribution < 1.29 is 23.1 Å². The number of sulfonamides is 1. The summed E-state index contributed by atoms with van der Waals surface area (Å²) in [5.41, 5.74) is 2.44. The van der Waals surface area contributed by atoms with E-state index in [1.807, 2.05) is 37.3 Å². The second kappa shape index (κ2) is 12.1. The molecule has 2 aromatic carbocycles. The van der Waals surface area contributed by atoms with Crippen molar-refractivity contribution in [3.8, 4) is 5.75 Å². The van der Waals surface area contributed by atoms with Gasteiger partial charge < -0.3 is 14.7 Å². The van der Waals surface area contributed by atoms with Crippen LogP contribution in [0, 0.1) is 23.7 Å². The number of anilines is 1. The molecule has 2 fully saturated rings. The number of benzene rings is 2. The number of aryl methyl sites for hydroxylation is 1. The van der Waals surface area contributed by atoms with Crippen molar-refractivity contribution >= 4 is 33.2 Å². The Bertz CT molecular complexity index is 1510. The topological polar surface area (TPSA) is 95.9 Å². The number of rotatable bonds is 1. The Morgan fingerprint density at radius 1 is 1.05 bits per heavy atom. The molecule has 0 aromatic heterocycles. The summed E-state index contributed by atoms with van der Waals surface area (Å²) in [5.74, 6) is 0.472. The first kappa shape index (κ1) is 30.5. The largest absolute Gasteiger partial charge is 0.487 e. The van der Waals surface area contributed by atoms with Crippen LogP contribution in [0.5, 0.6) is 5.75 Å². The van der Waals surface area contributed by atoms with E-state index in [1.54, 1.807) is 25.1 Å². The standard InChI is InChI=1S/C34H43ClN2O5S/c1-22-6-5-16-34(39,28-11-12-28)30-14-9-26(30)20-37-17-4-3-7-24-18-29(35)13-8-27(24)21-42-32-15-10-25(19-31(32)37)33(38)36-43(40,41)23(22)2/h5,8,10,13,15-16,18-19,22-23,26,28,30,39H,3-4,6-7,9,11-12,14,17,20-21H2,1-2H3,(H,36,38)/b16-5+/t22-,23+,26-,30+,34+/m0/s1. The van der Waals surface area contributed by atoms with Gasteiger partial charge in [0.25, 0.3) is 5.91 Å². The molecule has 0 unspecified atom stereocenters. The third kappa shape index (κ3) is 6.34. The number of aliphatic hydroxyl groups is 1. The SMILES string of the molecule is C[C@@H]1[C@@H](C)C/C=C/[C@@](O)(C2CC2)[C@@H]2CC[C@H]2CN2CCCCc3cc(Cl)ccc3COc3ccc(cc32)C(=O)NS1(=O)=O. The fraction of sp³-hybridized carbons (Fsp3) is 0.559. The zero-order chi connectivity index (χ0) is 30.4. The van der Waals surface area contributed by atoms with Crippen molar-refractivity contribution in [1.82, 2.24) is 4.72 Å². The molecule has 2 bridgehead atoms. The summed E-state index contributed by atoms with van der Waals surface area (Å²) in [4.78, 5) is 15.7. The van der Waals surface area contributed by atoms with Crippen LogP contribution < -0.4 is 14.4 Å². The van der Waals surface area contributed by atoms with Gasteiger partial charge in [-0.15, -0.1) is 0 Å². The van der Waals surface area contributed by atoms with Crippen LogP contribution in [0.15, 0.2) is 48.6 Å². The van der Waals surface area contributed by atoms with Gasteiger partial charge in [-0.2, -0.15) is 0 Å². The lowest BCUT2D eigenvalue weighted by Crippen LogP contribution is -2.51. The molecule has 5 atom stereocenters. The van der Waals surface area contributed by atoms with Crippen LogP contribution in [0.25, 0.3) is 0 Å². The molecule has 1 amide bonds. The highest BCUT2D eigenvalue weighted by molar-refractivity contribution is 7.90. The Kier molecular flexibility index (Phi) is 8.57. The first-order valence-corrected chi connectivity index (χ1v) is 17.7. The van der Waals surface area contributed by atoms with Gasteiger partial charge in [0.2, 0.25) is 10.0 Å². The molecule has 2 heterocycles. The van der Waals surface area contributed by atoms with Gasteiger partial charge in [0.1, 0.15) is 12.4 Å². The van der Waals surface area contributed by atoms with Crippen LogP contribution >= 0.6 is 11.6 Å². The molecule has 6 rings (SSSR count). The molecule has 0 saturated heterocycles. The molecule has 7 nitrogen and oxygen atoms in total. The number of carbonyl (C=O) groups is 1. The lowest BCUT2D eigenvalue weighted by atomic mass is 9.62. The van der Waals surface area contributed by atoms with Crippen LogP contribution in [-0.4, -0.2) is 43.4 Å². The minimum Gasteiger partial charge on any atom is -0.487 e. The number of carbonyl (C=O) groups excluding carboxylic acids is 1. The van der Waals surface area contributed by atoms with Crippen molar-refractivity contribution in [2.45, 2.75) is 82.7 Å². The molecule has 2 saturated carbocycles. The van der Waals surface area contributed by atoms with Crippen molar-refractivity contribution in [3.05, 3.63) is 70.3 Å². The van der Waals surface area contributed by atoms with E-state index in [0.29, 0.717) is 29.7 Å². The van der Waals surface area contributed by atoms with Gasteiger partial charge in [0.15, 0.2) is 0 Å². The van der Waals surface area contributed by atoms with Gasteiger partial charge in [0, 0.05) is 23.7 Å². The van der Waals surface area contributed by atoms with E-state index < -0.39 is 26.8 Å². The lowest BCUT2D eigenvalue weighted by Gasteiger charge is -2.48. The van der Waals surface area contributed by atoms with E-state index in [2.05, 4.69) is 9.62 Å². The summed E-state index contributed by atoms with van der Waals surface area (Å²) in [7, 11) is -3.93. The number of nitrogens with one attached hydrogen (secondary N) is 1. The lowest BCUT2D eigenvalue weighted by molar-refractivity contribution is -0.0605. The molecule has 0 spiro atoms. The summed E-state index contributed by atoms with van der Waals surface area (Å²) < 4.78 is 35.3. The third-order valence-electron chi connectivity index (χ3n) is 10.4. The molecule has 9 heteroatoms. The van der Waals surface area contributed by atoms with Crippen molar-refractivity contribution in [2.24, 2.45) is 23.7 Å². The second-order valence-corrected chi connectivity index (χ2v) is 15.7.